The molecular weight excluding hydrogens is 332 g/mol. The highest BCUT2D eigenvalue weighted by Gasteiger charge is 2.29. The molecule has 0 rings (SSSR count). The van der Waals surface area contributed by atoms with E-state index in [4.69, 9.17) is 0 Å². The summed E-state index contributed by atoms with van der Waals surface area (Å²) in [6, 6.07) is 0. The molecule has 0 spiro atoms. The standard InChI is InChI=1S/C21H38O5/c1-9-13(3)18(22)16(6)19(23)14(4)10-12(2)11-15(5)20(24)17(7)21(25)26-8/h10,13-18,20,22,24H,9,11H2,1-8H3/b12-10+/t13-,14+,15-,16-,17-,18-,20-/m1/s1. The van der Waals surface area contributed by atoms with E-state index in [9.17, 15) is 19.8 Å². The first-order valence-corrected chi connectivity index (χ1v) is 9.62. The summed E-state index contributed by atoms with van der Waals surface area (Å²) >= 11 is 0. The quantitative estimate of drug-likeness (QED) is 0.430. The van der Waals surface area contributed by atoms with Crippen LogP contribution in [-0.2, 0) is 14.3 Å². The van der Waals surface area contributed by atoms with Crippen molar-refractivity contribution in [3.05, 3.63) is 11.6 Å². The molecule has 26 heavy (non-hydrogen) atoms. The van der Waals surface area contributed by atoms with Crippen molar-refractivity contribution in [1.82, 2.24) is 0 Å². The number of esters is 1. The Labute approximate surface area is 158 Å². The molecule has 152 valence electrons. The van der Waals surface area contributed by atoms with Gasteiger partial charge >= 0.3 is 5.97 Å². The van der Waals surface area contributed by atoms with Gasteiger partial charge in [-0.25, -0.2) is 0 Å². The van der Waals surface area contributed by atoms with Gasteiger partial charge in [0.05, 0.1) is 25.2 Å². The SMILES string of the molecule is CC[C@@H](C)[C@@H](O)[C@@H](C)C(=O)[C@@H](C)/C=C(\C)C[C@@H](C)[C@@H](O)[C@@H](C)C(=O)OC. The van der Waals surface area contributed by atoms with Crippen LogP contribution < -0.4 is 0 Å². The van der Waals surface area contributed by atoms with E-state index < -0.39 is 30.0 Å². The monoisotopic (exact) mass is 370 g/mol. The number of aliphatic hydroxyl groups excluding tert-OH is 2. The fraction of sp³-hybridized carbons (Fsp3) is 0.810. The van der Waals surface area contributed by atoms with Gasteiger partial charge in [-0.2, -0.15) is 0 Å². The maximum Gasteiger partial charge on any atom is 0.311 e. The number of aliphatic hydroxyl groups is 2. The third-order valence-corrected chi connectivity index (χ3v) is 5.48. The molecule has 0 aromatic rings. The number of hydrogen-bond donors (Lipinski definition) is 2. The van der Waals surface area contributed by atoms with Gasteiger partial charge in [-0.3, -0.25) is 9.59 Å². The van der Waals surface area contributed by atoms with Crippen molar-refractivity contribution in [3.63, 3.8) is 0 Å². The summed E-state index contributed by atoms with van der Waals surface area (Å²) in [5, 5.41) is 20.6. The number of carbonyl (C=O) groups is 2. The Bertz CT molecular complexity index is 485. The van der Waals surface area contributed by atoms with Gasteiger partial charge in [0.25, 0.3) is 0 Å². The lowest BCUT2D eigenvalue weighted by molar-refractivity contribution is -0.149. The van der Waals surface area contributed by atoms with Gasteiger partial charge in [0, 0.05) is 11.8 Å². The highest BCUT2D eigenvalue weighted by molar-refractivity contribution is 5.85. The predicted octanol–water partition coefficient (Wildman–Crippen LogP) is 3.38. The van der Waals surface area contributed by atoms with Crippen LogP contribution in [0.15, 0.2) is 11.6 Å². The molecule has 0 unspecified atom stereocenters. The van der Waals surface area contributed by atoms with Gasteiger partial charge in [-0.1, -0.05) is 52.7 Å². The summed E-state index contributed by atoms with van der Waals surface area (Å²) in [7, 11) is 1.31. The molecule has 0 radical (unpaired) electrons. The molecule has 0 aliphatic heterocycles. The zero-order valence-corrected chi connectivity index (χ0v) is 17.7. The summed E-state index contributed by atoms with van der Waals surface area (Å²) in [5.74, 6) is -1.76. The molecule has 7 atom stereocenters. The molecule has 0 amide bonds. The second-order valence-corrected chi connectivity index (χ2v) is 7.85. The topological polar surface area (TPSA) is 83.8 Å². The lowest BCUT2D eigenvalue weighted by atomic mass is 9.83. The smallest absolute Gasteiger partial charge is 0.311 e. The average Bonchev–Trinajstić information content (AvgIpc) is 2.62. The van der Waals surface area contributed by atoms with Crippen LogP contribution in [0.2, 0.25) is 0 Å². The Morgan fingerprint density at radius 2 is 1.46 bits per heavy atom. The van der Waals surface area contributed by atoms with E-state index in [-0.39, 0.29) is 23.5 Å². The third-order valence-electron chi connectivity index (χ3n) is 5.48. The van der Waals surface area contributed by atoms with E-state index in [2.05, 4.69) is 4.74 Å². The minimum atomic E-state index is -0.803. The van der Waals surface area contributed by atoms with Crippen molar-refractivity contribution in [2.45, 2.75) is 73.5 Å². The van der Waals surface area contributed by atoms with Gasteiger partial charge in [0.2, 0.25) is 0 Å². The van der Waals surface area contributed by atoms with Crippen LogP contribution in [0, 0.1) is 29.6 Å². The van der Waals surface area contributed by atoms with Gasteiger partial charge in [0.1, 0.15) is 5.78 Å². The minimum Gasteiger partial charge on any atom is -0.469 e. The van der Waals surface area contributed by atoms with Gasteiger partial charge < -0.3 is 14.9 Å². The van der Waals surface area contributed by atoms with Crippen LogP contribution in [0.4, 0.5) is 0 Å². The Morgan fingerprint density at radius 1 is 0.962 bits per heavy atom. The maximum atomic E-state index is 12.6. The number of methoxy groups -OCH3 is 1. The number of hydrogen-bond acceptors (Lipinski definition) is 5. The molecule has 0 heterocycles. The van der Waals surface area contributed by atoms with Crippen molar-refractivity contribution < 1.29 is 24.5 Å². The average molecular weight is 371 g/mol. The van der Waals surface area contributed by atoms with Crippen LogP contribution in [0.5, 0.6) is 0 Å². The Kier molecular flexibility index (Phi) is 11.0. The predicted molar refractivity (Wildman–Crippen MR) is 104 cm³/mol. The lowest BCUT2D eigenvalue weighted by Gasteiger charge is -2.25. The molecule has 0 saturated carbocycles. The Balaban J connectivity index is 4.88. The molecule has 0 aromatic carbocycles. The van der Waals surface area contributed by atoms with E-state index >= 15 is 0 Å². The number of Topliss-reactive ketones (excluding diaryl/α,β-unsaturated/α-hetero) is 1. The fourth-order valence-electron chi connectivity index (χ4n) is 3.34. The first-order valence-electron chi connectivity index (χ1n) is 9.62. The Morgan fingerprint density at radius 3 is 1.92 bits per heavy atom. The summed E-state index contributed by atoms with van der Waals surface area (Å²) in [4.78, 5) is 24.1. The molecule has 5 heteroatoms. The highest BCUT2D eigenvalue weighted by Crippen LogP contribution is 2.24. The highest BCUT2D eigenvalue weighted by atomic mass is 16.5. The van der Waals surface area contributed by atoms with E-state index in [0.717, 1.165) is 12.0 Å². The first kappa shape index (κ1) is 24.8. The maximum absolute atomic E-state index is 12.6. The number of allylic oxidation sites excluding steroid dienone is 2. The molecule has 0 aliphatic carbocycles. The van der Waals surface area contributed by atoms with Crippen LogP contribution in [0.25, 0.3) is 0 Å². The van der Waals surface area contributed by atoms with E-state index in [0.29, 0.717) is 6.42 Å². The van der Waals surface area contributed by atoms with Crippen molar-refractivity contribution in [2.75, 3.05) is 7.11 Å². The zero-order chi connectivity index (χ0) is 20.6. The van der Waals surface area contributed by atoms with Gasteiger partial charge in [-0.05, 0) is 32.1 Å². The number of ether oxygens (including phenoxy) is 1. The van der Waals surface area contributed by atoms with E-state index in [1.807, 2.05) is 40.7 Å². The summed E-state index contributed by atoms with van der Waals surface area (Å²) in [6.07, 6.45) is 1.88. The number of carbonyl (C=O) groups excluding carboxylic acids is 2. The lowest BCUT2D eigenvalue weighted by Crippen LogP contribution is -2.34. The zero-order valence-electron chi connectivity index (χ0n) is 17.7. The van der Waals surface area contributed by atoms with Crippen LogP contribution in [-0.4, -0.2) is 41.3 Å². The van der Waals surface area contributed by atoms with Crippen molar-refractivity contribution in [3.8, 4) is 0 Å². The van der Waals surface area contributed by atoms with Gasteiger partial charge in [-0.15, -0.1) is 0 Å². The minimum absolute atomic E-state index is 0.0216. The fourth-order valence-corrected chi connectivity index (χ4v) is 3.34. The molecular formula is C21H38O5. The molecule has 2 N–H and O–H groups in total. The second-order valence-electron chi connectivity index (χ2n) is 7.85. The summed E-state index contributed by atoms with van der Waals surface area (Å²) in [6.45, 7) is 13.0. The van der Waals surface area contributed by atoms with Crippen LogP contribution in [0.3, 0.4) is 0 Å². The van der Waals surface area contributed by atoms with Crippen LogP contribution >= 0.6 is 0 Å². The largest absolute Gasteiger partial charge is 0.469 e. The van der Waals surface area contributed by atoms with Crippen LogP contribution in [0.1, 0.15) is 61.3 Å². The summed E-state index contributed by atoms with van der Waals surface area (Å²) < 4.78 is 4.68. The second kappa shape index (κ2) is 11.5. The van der Waals surface area contributed by atoms with Crippen molar-refractivity contribution in [1.29, 1.82) is 0 Å². The third kappa shape index (κ3) is 7.20. The number of rotatable bonds is 11. The molecule has 5 nitrogen and oxygen atoms in total. The van der Waals surface area contributed by atoms with Crippen molar-refractivity contribution in [2.24, 2.45) is 29.6 Å². The first-order chi connectivity index (χ1) is 12.0. The van der Waals surface area contributed by atoms with Gasteiger partial charge in [0.15, 0.2) is 0 Å². The van der Waals surface area contributed by atoms with E-state index in [1.165, 1.54) is 7.11 Å². The summed E-state index contributed by atoms with van der Waals surface area (Å²) in [5.41, 5.74) is 0.986. The molecule has 0 bridgehead atoms. The van der Waals surface area contributed by atoms with E-state index in [1.54, 1.807) is 13.8 Å². The Hall–Kier alpha value is -1.20. The molecule has 0 fully saturated rings. The normalized spacial score (nSPS) is 20.5. The van der Waals surface area contributed by atoms with Crippen molar-refractivity contribution >= 4 is 11.8 Å². The number of ketones is 1. The molecule has 0 aromatic heterocycles. The molecule has 0 aliphatic rings. The molecule has 0 saturated heterocycles.